The van der Waals surface area contributed by atoms with Crippen molar-refractivity contribution < 1.29 is 25.3 Å². The summed E-state index contributed by atoms with van der Waals surface area (Å²) in [6.45, 7) is 6.53. The van der Waals surface area contributed by atoms with Gasteiger partial charge >= 0.3 is 0 Å². The van der Waals surface area contributed by atoms with Crippen LogP contribution < -0.4 is 4.90 Å². The summed E-state index contributed by atoms with van der Waals surface area (Å²) in [5.74, 6) is 0.534. The molecular formula is C66H81NO6S3. The topological polar surface area (TPSA) is 106 Å². The third-order valence-corrected chi connectivity index (χ3v) is 19.3. The van der Waals surface area contributed by atoms with E-state index in [2.05, 4.69) is 98.5 Å². The van der Waals surface area contributed by atoms with Crippen LogP contribution in [0.25, 0.3) is 36.5 Å². The van der Waals surface area contributed by atoms with E-state index in [1.165, 1.54) is 38.5 Å². The van der Waals surface area contributed by atoms with Gasteiger partial charge in [0.1, 0.15) is 0 Å². The van der Waals surface area contributed by atoms with Gasteiger partial charge in [0.15, 0.2) is 29.5 Å². The van der Waals surface area contributed by atoms with Crippen LogP contribution in [0.15, 0.2) is 160 Å². The molecule has 7 nitrogen and oxygen atoms in total. The van der Waals surface area contributed by atoms with Crippen LogP contribution in [0.3, 0.4) is 0 Å². The van der Waals surface area contributed by atoms with Crippen molar-refractivity contribution >= 4 is 83.0 Å². The largest absolute Gasteiger partial charge is 0.311 e. The monoisotopic (exact) mass is 1080 g/mol. The van der Waals surface area contributed by atoms with Gasteiger partial charge in [-0.15, -0.1) is 0 Å². The fraction of sp³-hybridized carbons (Fsp3) is 0.364. The maximum atomic E-state index is 13.0. The van der Waals surface area contributed by atoms with E-state index in [9.17, 15) is 25.3 Å². The van der Waals surface area contributed by atoms with Crippen LogP contribution in [-0.4, -0.2) is 42.5 Å². The number of hydrogen-bond donors (Lipinski definition) is 0. The molecule has 0 bridgehead atoms. The van der Waals surface area contributed by atoms with Gasteiger partial charge in [0.05, 0.1) is 31.9 Å². The molecule has 6 rings (SSSR count). The van der Waals surface area contributed by atoms with Gasteiger partial charge < -0.3 is 4.90 Å². The molecule has 0 atom stereocenters. The zero-order valence-corrected chi connectivity index (χ0v) is 47.7. The van der Waals surface area contributed by atoms with E-state index in [4.69, 9.17) is 0 Å². The predicted molar refractivity (Wildman–Crippen MR) is 324 cm³/mol. The first-order chi connectivity index (χ1) is 36.8. The van der Waals surface area contributed by atoms with Crippen molar-refractivity contribution in [1.29, 1.82) is 0 Å². The normalized spacial score (nSPS) is 12.4. The highest BCUT2D eigenvalue weighted by Gasteiger charge is 2.17. The number of nitrogens with zero attached hydrogens (tertiary/aromatic N) is 1. The number of unbranched alkanes of at least 4 members (excludes halogenated alkanes) is 15. The zero-order chi connectivity index (χ0) is 54.1. The lowest BCUT2D eigenvalue weighted by Gasteiger charge is -2.26. The second-order valence-electron chi connectivity index (χ2n) is 20.1. The lowest BCUT2D eigenvalue weighted by atomic mass is 10.1. The van der Waals surface area contributed by atoms with Crippen LogP contribution in [0.1, 0.15) is 170 Å². The first-order valence-corrected chi connectivity index (χ1v) is 32.9. The van der Waals surface area contributed by atoms with Gasteiger partial charge in [-0.1, -0.05) is 226 Å². The van der Waals surface area contributed by atoms with E-state index in [0.29, 0.717) is 33.9 Å². The molecule has 0 unspecified atom stereocenters. The van der Waals surface area contributed by atoms with Crippen molar-refractivity contribution in [3.05, 3.63) is 179 Å². The van der Waals surface area contributed by atoms with Crippen LogP contribution in [0.2, 0.25) is 0 Å². The van der Waals surface area contributed by atoms with Crippen LogP contribution >= 0.6 is 0 Å². The minimum Gasteiger partial charge on any atom is -0.311 e. The molecule has 0 fully saturated rings. The van der Waals surface area contributed by atoms with Gasteiger partial charge in [-0.25, -0.2) is 25.3 Å². The molecule has 6 aromatic rings. The summed E-state index contributed by atoms with van der Waals surface area (Å²) in [5, 5.41) is 0. The van der Waals surface area contributed by atoms with Crippen LogP contribution in [0.4, 0.5) is 17.1 Å². The highest BCUT2D eigenvalue weighted by molar-refractivity contribution is 7.92. The first kappa shape index (κ1) is 59.4. The molecule has 0 spiro atoms. The van der Waals surface area contributed by atoms with E-state index < -0.39 is 29.5 Å². The minimum atomic E-state index is -3.32. The fourth-order valence-electron chi connectivity index (χ4n) is 9.16. The molecule has 0 saturated heterocycles. The highest BCUT2D eigenvalue weighted by Crippen LogP contribution is 2.36. The number of sulfone groups is 3. The minimum absolute atomic E-state index is 0.178. The molecular weight excluding hydrogens is 999 g/mol. The van der Waals surface area contributed by atoms with Gasteiger partial charge in [-0.05, 0) is 125 Å². The molecule has 0 amide bonds. The molecule has 0 radical (unpaired) electrons. The maximum Gasteiger partial charge on any atom is 0.178 e. The average Bonchev–Trinajstić information content (AvgIpc) is 3.44. The summed E-state index contributed by atoms with van der Waals surface area (Å²) in [6.07, 6.45) is 30.8. The van der Waals surface area contributed by atoms with E-state index in [1.54, 1.807) is 36.4 Å². The summed E-state index contributed by atoms with van der Waals surface area (Å²) in [7, 11) is -9.96. The standard InChI is InChI=1S/C66H81NO6S3/c1-4-7-10-13-16-19-52-74(68,69)64-46-34-58(35-47-64)25-22-55-28-40-61(41-29-55)67(62-42-30-56(31-43-62)23-26-59-36-48-65(49-37-59)75(70,71)53-20-17-14-11-8-5-2)63-44-32-57(33-45-63)24-27-60-38-50-66(51-39-60)76(72,73)54-21-18-15-12-9-6-3/h22-51H,4-21,52-54H2,1-3H3/b25-22+,26-23+,27-24+. The van der Waals surface area contributed by atoms with Crippen LogP contribution in [0, 0.1) is 0 Å². The maximum absolute atomic E-state index is 13.0. The van der Waals surface area contributed by atoms with Gasteiger partial charge in [0.25, 0.3) is 0 Å². The van der Waals surface area contributed by atoms with Crippen molar-refractivity contribution in [2.75, 3.05) is 22.2 Å². The van der Waals surface area contributed by atoms with E-state index in [-0.39, 0.29) is 17.3 Å². The fourth-order valence-corrected chi connectivity index (χ4v) is 13.3. The SMILES string of the molecule is CCCCCCCCS(=O)(=O)c1ccc(/C=C/c2ccc(N(c3ccc(/C=C/c4ccc(S(=O)(=O)CCCCCCCC)cc4)cc3)c3ccc(/C=C/c4ccc(S(=O)(=O)CCCCCCCC)cc4)cc3)cc2)cc1. The Bertz CT molecular complexity index is 2750. The zero-order valence-electron chi connectivity index (χ0n) is 45.3. The Kier molecular flexibility index (Phi) is 24.1. The van der Waals surface area contributed by atoms with E-state index in [1.807, 2.05) is 72.9 Å². The van der Waals surface area contributed by atoms with Crippen molar-refractivity contribution in [1.82, 2.24) is 0 Å². The molecule has 0 saturated carbocycles. The molecule has 0 heterocycles. The molecule has 0 aliphatic carbocycles. The van der Waals surface area contributed by atoms with Crippen LogP contribution in [-0.2, 0) is 29.5 Å². The molecule has 76 heavy (non-hydrogen) atoms. The molecule has 0 aliphatic rings. The Morgan fingerprint density at radius 3 is 0.658 bits per heavy atom. The predicted octanol–water partition coefficient (Wildman–Crippen LogP) is 18.1. The Hall–Kier alpha value is -5.81. The van der Waals surface area contributed by atoms with Gasteiger partial charge in [0.2, 0.25) is 0 Å². The smallest absolute Gasteiger partial charge is 0.178 e. The second kappa shape index (κ2) is 30.8. The molecule has 6 aromatic carbocycles. The van der Waals surface area contributed by atoms with E-state index >= 15 is 0 Å². The Morgan fingerprint density at radius 1 is 0.263 bits per heavy atom. The highest BCUT2D eigenvalue weighted by atomic mass is 32.2. The lowest BCUT2D eigenvalue weighted by molar-refractivity contribution is 0.582. The van der Waals surface area contributed by atoms with Crippen molar-refractivity contribution in [2.45, 2.75) is 151 Å². The van der Waals surface area contributed by atoms with Crippen molar-refractivity contribution in [3.8, 4) is 0 Å². The van der Waals surface area contributed by atoms with Gasteiger partial charge in [-0.2, -0.15) is 0 Å². The van der Waals surface area contributed by atoms with Gasteiger partial charge in [0, 0.05) is 17.1 Å². The Labute approximate surface area is 457 Å². The summed E-state index contributed by atoms with van der Waals surface area (Å²) >= 11 is 0. The summed E-state index contributed by atoms with van der Waals surface area (Å²) in [4.78, 5) is 3.31. The second-order valence-corrected chi connectivity index (χ2v) is 26.4. The molecule has 0 aliphatic heterocycles. The lowest BCUT2D eigenvalue weighted by Crippen LogP contribution is -2.09. The summed E-state index contributed by atoms with van der Waals surface area (Å²) in [6, 6.07) is 46.4. The molecule has 0 N–H and O–H groups in total. The van der Waals surface area contributed by atoms with E-state index in [0.717, 1.165) is 108 Å². The Balaban J connectivity index is 1.15. The molecule has 10 heteroatoms. The van der Waals surface area contributed by atoms with Crippen LogP contribution in [0.5, 0.6) is 0 Å². The number of hydrogen-bond acceptors (Lipinski definition) is 7. The number of rotatable bonds is 33. The molecule has 404 valence electrons. The number of anilines is 3. The average molecular weight is 1080 g/mol. The van der Waals surface area contributed by atoms with Crippen molar-refractivity contribution in [2.24, 2.45) is 0 Å². The quantitative estimate of drug-likeness (QED) is 0.0298. The first-order valence-electron chi connectivity index (χ1n) is 27.9. The molecule has 0 aromatic heterocycles. The van der Waals surface area contributed by atoms with Crippen molar-refractivity contribution in [3.63, 3.8) is 0 Å². The summed E-state index contributed by atoms with van der Waals surface area (Å²) < 4.78 is 78.0. The van der Waals surface area contributed by atoms with Gasteiger partial charge in [-0.3, -0.25) is 0 Å². The third kappa shape index (κ3) is 19.3. The summed E-state index contributed by atoms with van der Waals surface area (Å²) in [5.41, 5.74) is 8.62. The number of benzene rings is 6. The Morgan fingerprint density at radius 2 is 0.447 bits per heavy atom. The third-order valence-electron chi connectivity index (χ3n) is 13.9.